The fraction of sp³-hybridized carbons (Fsp3) is 0.353. The summed E-state index contributed by atoms with van der Waals surface area (Å²) in [7, 11) is 0. The van der Waals surface area contributed by atoms with Gasteiger partial charge in [0.05, 0.1) is 4.88 Å². The van der Waals surface area contributed by atoms with E-state index in [1.807, 2.05) is 23.6 Å². The second-order valence-electron chi connectivity index (χ2n) is 4.89. The molecule has 1 aliphatic rings. The molecule has 1 aliphatic carbocycles. The van der Waals surface area contributed by atoms with Crippen molar-refractivity contribution in [2.75, 3.05) is 13.1 Å². The highest BCUT2D eigenvalue weighted by Gasteiger charge is 2.17. The zero-order valence-corrected chi connectivity index (χ0v) is 14.0. The summed E-state index contributed by atoms with van der Waals surface area (Å²) in [6, 6.07) is 3.73. The van der Waals surface area contributed by atoms with Crippen LogP contribution >= 0.6 is 22.9 Å². The first-order valence-electron chi connectivity index (χ1n) is 7.25. The zero-order chi connectivity index (χ0) is 15.2. The Bertz CT molecular complexity index is 580. The van der Waals surface area contributed by atoms with Gasteiger partial charge in [0.1, 0.15) is 0 Å². The molecule has 1 heterocycles. The summed E-state index contributed by atoms with van der Waals surface area (Å²) in [5.41, 5.74) is 2.23. The number of hydrogen-bond donors (Lipinski definition) is 0. The molecule has 0 N–H and O–H groups in total. The second-order valence-corrected chi connectivity index (χ2v) is 6.22. The van der Waals surface area contributed by atoms with Gasteiger partial charge in [-0.2, -0.15) is 0 Å². The predicted octanol–water partition coefficient (Wildman–Crippen LogP) is 5.00. The molecule has 0 aromatic carbocycles. The van der Waals surface area contributed by atoms with E-state index < -0.39 is 0 Å². The minimum Gasteiger partial charge on any atom is -0.378 e. The van der Waals surface area contributed by atoms with Crippen LogP contribution in [0.4, 0.5) is 0 Å². The van der Waals surface area contributed by atoms with Gasteiger partial charge in [-0.3, -0.25) is 4.79 Å². The van der Waals surface area contributed by atoms with Gasteiger partial charge >= 0.3 is 0 Å². The van der Waals surface area contributed by atoms with Crippen LogP contribution in [0.5, 0.6) is 0 Å². The van der Waals surface area contributed by atoms with E-state index in [4.69, 9.17) is 11.6 Å². The summed E-state index contributed by atoms with van der Waals surface area (Å²) < 4.78 is 0. The third-order valence-corrected chi connectivity index (χ3v) is 4.95. The van der Waals surface area contributed by atoms with Crippen LogP contribution in [-0.2, 0) is 0 Å². The summed E-state index contributed by atoms with van der Waals surface area (Å²) in [6.07, 6.45) is 7.49. The van der Waals surface area contributed by atoms with E-state index in [1.165, 1.54) is 16.9 Å². The molecule has 1 aromatic rings. The number of nitrogens with zero attached hydrogens (tertiary/aromatic N) is 1. The lowest BCUT2D eigenvalue weighted by atomic mass is 10.2. The Morgan fingerprint density at radius 1 is 1.38 bits per heavy atom. The molecule has 0 radical (unpaired) electrons. The quantitative estimate of drug-likeness (QED) is 0.543. The van der Waals surface area contributed by atoms with Crippen LogP contribution in [0.15, 0.2) is 52.0 Å². The molecule has 1 aromatic heterocycles. The standard InChI is InChI=1S/C17H20ClNOS/c1-3-19(4-2)12-14-8-7-13(17(14)18)9-10-15(20)16-6-5-11-21-16/h5-6,9-12H,3-4,7-8H2,1-2H3/b10-9+,14-12+. The van der Waals surface area contributed by atoms with Crippen LogP contribution in [0.25, 0.3) is 0 Å². The van der Waals surface area contributed by atoms with Crippen molar-refractivity contribution < 1.29 is 4.79 Å². The Labute approximate surface area is 135 Å². The number of hydrogen-bond acceptors (Lipinski definition) is 3. The number of halogens is 1. The van der Waals surface area contributed by atoms with Crippen LogP contribution in [-0.4, -0.2) is 23.8 Å². The molecule has 2 nitrogen and oxygen atoms in total. The van der Waals surface area contributed by atoms with Crippen LogP contribution in [0.1, 0.15) is 36.4 Å². The average molecular weight is 322 g/mol. The minimum atomic E-state index is 0.0446. The number of thiophene rings is 1. The first-order chi connectivity index (χ1) is 10.2. The SMILES string of the molecule is CCN(/C=C1\CCC(/C=C/C(=O)c2cccs2)=C1Cl)CC. The summed E-state index contributed by atoms with van der Waals surface area (Å²) >= 11 is 7.90. The fourth-order valence-corrected chi connectivity index (χ4v) is 3.22. The molecule has 0 aliphatic heterocycles. The molecule has 0 atom stereocenters. The van der Waals surface area contributed by atoms with E-state index >= 15 is 0 Å². The van der Waals surface area contributed by atoms with E-state index in [-0.39, 0.29) is 5.78 Å². The Morgan fingerprint density at radius 2 is 2.14 bits per heavy atom. The lowest BCUT2D eigenvalue weighted by molar-refractivity contribution is 0.105. The van der Waals surface area contributed by atoms with Crippen molar-refractivity contribution in [2.24, 2.45) is 0 Å². The van der Waals surface area contributed by atoms with Crippen LogP contribution in [0.2, 0.25) is 0 Å². The average Bonchev–Trinajstić information content (AvgIpc) is 3.13. The smallest absolute Gasteiger partial charge is 0.195 e. The highest BCUT2D eigenvalue weighted by atomic mass is 35.5. The first-order valence-corrected chi connectivity index (χ1v) is 8.51. The molecule has 0 amide bonds. The van der Waals surface area contributed by atoms with Crippen LogP contribution in [0, 0.1) is 0 Å². The van der Waals surface area contributed by atoms with E-state index in [9.17, 15) is 4.79 Å². The van der Waals surface area contributed by atoms with Crippen molar-refractivity contribution in [1.29, 1.82) is 0 Å². The van der Waals surface area contributed by atoms with Crippen molar-refractivity contribution in [2.45, 2.75) is 26.7 Å². The molecule has 112 valence electrons. The van der Waals surface area contributed by atoms with Crippen molar-refractivity contribution in [3.8, 4) is 0 Å². The number of carbonyl (C=O) groups is 1. The molecule has 0 bridgehead atoms. The van der Waals surface area contributed by atoms with Gasteiger partial charge < -0.3 is 4.90 Å². The lowest BCUT2D eigenvalue weighted by Gasteiger charge is -2.16. The highest BCUT2D eigenvalue weighted by Crippen LogP contribution is 2.35. The number of rotatable bonds is 6. The molecule has 0 unspecified atom stereocenters. The van der Waals surface area contributed by atoms with Crippen molar-refractivity contribution >= 4 is 28.7 Å². The minimum absolute atomic E-state index is 0.0446. The highest BCUT2D eigenvalue weighted by molar-refractivity contribution is 7.12. The topological polar surface area (TPSA) is 20.3 Å². The van der Waals surface area contributed by atoms with E-state index in [0.29, 0.717) is 0 Å². The summed E-state index contributed by atoms with van der Waals surface area (Å²) in [5, 5.41) is 2.71. The van der Waals surface area contributed by atoms with Gasteiger partial charge in [-0.15, -0.1) is 11.3 Å². The molecular weight excluding hydrogens is 302 g/mol. The van der Waals surface area contributed by atoms with Crippen LogP contribution in [0.3, 0.4) is 0 Å². The molecule has 0 saturated heterocycles. The van der Waals surface area contributed by atoms with E-state index in [2.05, 4.69) is 24.9 Å². The van der Waals surface area contributed by atoms with Crippen LogP contribution < -0.4 is 0 Å². The second kappa shape index (κ2) is 7.62. The van der Waals surface area contributed by atoms with Crippen molar-refractivity contribution in [3.05, 3.63) is 56.9 Å². The van der Waals surface area contributed by atoms with Gasteiger partial charge in [0, 0.05) is 24.3 Å². The zero-order valence-electron chi connectivity index (χ0n) is 12.4. The molecule has 0 spiro atoms. The third kappa shape index (κ3) is 4.08. The maximum atomic E-state index is 12.0. The van der Waals surface area contributed by atoms with Gasteiger partial charge in [-0.25, -0.2) is 0 Å². The number of allylic oxidation sites excluding steroid dienone is 5. The van der Waals surface area contributed by atoms with Gasteiger partial charge in [0.25, 0.3) is 0 Å². The van der Waals surface area contributed by atoms with Gasteiger partial charge in [-0.05, 0) is 55.4 Å². The Morgan fingerprint density at radius 3 is 2.76 bits per heavy atom. The molecule has 21 heavy (non-hydrogen) atoms. The summed E-state index contributed by atoms with van der Waals surface area (Å²) in [5.74, 6) is 0.0446. The predicted molar refractivity (Wildman–Crippen MR) is 90.9 cm³/mol. The fourth-order valence-electron chi connectivity index (χ4n) is 2.28. The van der Waals surface area contributed by atoms with Gasteiger partial charge in [0.15, 0.2) is 5.78 Å². The maximum Gasteiger partial charge on any atom is 0.195 e. The summed E-state index contributed by atoms with van der Waals surface area (Å²) in [4.78, 5) is 15.0. The first kappa shape index (κ1) is 16.1. The number of ketones is 1. The van der Waals surface area contributed by atoms with E-state index in [1.54, 1.807) is 6.08 Å². The Hall–Kier alpha value is -1.32. The molecule has 0 saturated carbocycles. The van der Waals surface area contributed by atoms with Gasteiger partial charge in [-0.1, -0.05) is 23.7 Å². The lowest BCUT2D eigenvalue weighted by Crippen LogP contribution is -2.16. The molecular formula is C17H20ClNOS. The van der Waals surface area contributed by atoms with E-state index in [0.717, 1.165) is 41.4 Å². The Balaban J connectivity index is 2.10. The molecule has 4 heteroatoms. The monoisotopic (exact) mass is 321 g/mol. The number of carbonyl (C=O) groups excluding carboxylic acids is 1. The molecule has 2 rings (SSSR count). The van der Waals surface area contributed by atoms with Gasteiger partial charge in [0.2, 0.25) is 0 Å². The normalized spacial score (nSPS) is 17.2. The Kier molecular flexibility index (Phi) is 5.83. The summed E-state index contributed by atoms with van der Waals surface area (Å²) in [6.45, 7) is 6.22. The van der Waals surface area contributed by atoms with Crippen molar-refractivity contribution in [1.82, 2.24) is 4.90 Å². The maximum absolute atomic E-state index is 12.0. The third-order valence-electron chi connectivity index (χ3n) is 3.58. The largest absolute Gasteiger partial charge is 0.378 e. The molecule has 0 fully saturated rings. The van der Waals surface area contributed by atoms with Crippen molar-refractivity contribution in [3.63, 3.8) is 0 Å².